The summed E-state index contributed by atoms with van der Waals surface area (Å²) in [4.78, 5) is 20.6. The number of anilines is 1. The molecule has 0 saturated heterocycles. The molecule has 0 fully saturated rings. The fraction of sp³-hybridized carbons (Fsp3) is 0. The van der Waals surface area contributed by atoms with Gasteiger partial charge in [0.1, 0.15) is 5.82 Å². The largest absolute Gasteiger partial charge is 0.383 e. The minimum atomic E-state index is -0.174. The molecule has 0 unspecified atom stereocenters. The minimum Gasteiger partial charge on any atom is -0.383 e. The van der Waals surface area contributed by atoms with Crippen LogP contribution >= 0.6 is 11.3 Å². The first-order valence-electron chi connectivity index (χ1n) is 4.93. The molecule has 2 N–H and O–H groups in total. The number of hydrogen-bond acceptors (Lipinski definition) is 5. The zero-order valence-electron chi connectivity index (χ0n) is 8.70. The lowest BCUT2D eigenvalue weighted by Gasteiger charge is -2.00. The maximum absolute atomic E-state index is 11.9. The van der Waals surface area contributed by atoms with Crippen LogP contribution in [0.15, 0.2) is 40.8 Å². The molecule has 0 atom stereocenters. The highest BCUT2D eigenvalue weighted by molar-refractivity contribution is 7.15. The summed E-state index contributed by atoms with van der Waals surface area (Å²) in [5.41, 5.74) is 7.04. The second kappa shape index (κ2) is 3.67. The van der Waals surface area contributed by atoms with Gasteiger partial charge in [-0.2, -0.15) is 0 Å². The van der Waals surface area contributed by atoms with Crippen molar-refractivity contribution >= 4 is 22.1 Å². The maximum atomic E-state index is 11.9. The van der Waals surface area contributed by atoms with Crippen LogP contribution in [-0.4, -0.2) is 14.4 Å². The van der Waals surface area contributed by atoms with Crippen LogP contribution in [0.25, 0.3) is 16.2 Å². The monoisotopic (exact) mass is 244 g/mol. The van der Waals surface area contributed by atoms with Gasteiger partial charge in [-0.3, -0.25) is 14.2 Å². The average Bonchev–Trinajstić information content (AvgIpc) is 2.74. The zero-order chi connectivity index (χ0) is 11.8. The smallest absolute Gasteiger partial charge is 0.261 e. The summed E-state index contributed by atoms with van der Waals surface area (Å²) in [6.45, 7) is 0. The highest BCUT2D eigenvalue weighted by atomic mass is 32.1. The number of thiazole rings is 1. The molecule has 6 heteroatoms. The van der Waals surface area contributed by atoms with Gasteiger partial charge in [0.25, 0.3) is 5.56 Å². The Morgan fingerprint density at radius 1 is 1.41 bits per heavy atom. The van der Waals surface area contributed by atoms with E-state index in [1.165, 1.54) is 21.8 Å². The Bertz CT molecular complexity index is 732. The lowest BCUT2D eigenvalue weighted by molar-refractivity contribution is 1.09. The van der Waals surface area contributed by atoms with E-state index in [9.17, 15) is 4.79 Å². The SMILES string of the molecule is Nc1cc(=O)n2c(-c3cccnc3)csc2n1. The van der Waals surface area contributed by atoms with Gasteiger partial charge in [-0.05, 0) is 12.1 Å². The van der Waals surface area contributed by atoms with Gasteiger partial charge < -0.3 is 5.73 Å². The van der Waals surface area contributed by atoms with E-state index in [1.54, 1.807) is 12.4 Å². The topological polar surface area (TPSA) is 73.3 Å². The molecule has 3 heterocycles. The molecule has 17 heavy (non-hydrogen) atoms. The third kappa shape index (κ3) is 1.58. The van der Waals surface area contributed by atoms with Crippen LogP contribution in [0.1, 0.15) is 0 Å². The first-order chi connectivity index (χ1) is 8.25. The van der Waals surface area contributed by atoms with E-state index in [0.29, 0.717) is 4.96 Å². The van der Waals surface area contributed by atoms with Crippen molar-refractivity contribution in [3.63, 3.8) is 0 Å². The quantitative estimate of drug-likeness (QED) is 0.702. The van der Waals surface area contributed by atoms with Gasteiger partial charge in [0.05, 0.1) is 5.69 Å². The van der Waals surface area contributed by atoms with Crippen molar-refractivity contribution < 1.29 is 0 Å². The molecule has 0 aliphatic heterocycles. The van der Waals surface area contributed by atoms with E-state index in [2.05, 4.69) is 9.97 Å². The number of rotatable bonds is 1. The van der Waals surface area contributed by atoms with Crippen molar-refractivity contribution in [3.05, 3.63) is 46.3 Å². The molecule has 0 bridgehead atoms. The lowest BCUT2D eigenvalue weighted by atomic mass is 10.2. The number of aromatic nitrogens is 3. The van der Waals surface area contributed by atoms with Crippen molar-refractivity contribution in [2.45, 2.75) is 0 Å². The van der Waals surface area contributed by atoms with Crippen LogP contribution in [0.2, 0.25) is 0 Å². The van der Waals surface area contributed by atoms with Crippen molar-refractivity contribution in [3.8, 4) is 11.3 Å². The van der Waals surface area contributed by atoms with Gasteiger partial charge in [0.15, 0.2) is 4.96 Å². The van der Waals surface area contributed by atoms with Crippen LogP contribution < -0.4 is 11.3 Å². The van der Waals surface area contributed by atoms with Crippen molar-refractivity contribution in [1.82, 2.24) is 14.4 Å². The molecule has 84 valence electrons. The van der Waals surface area contributed by atoms with Crippen LogP contribution in [0.4, 0.5) is 5.82 Å². The molecule has 5 nitrogen and oxygen atoms in total. The lowest BCUT2D eigenvalue weighted by Crippen LogP contribution is -2.14. The summed E-state index contributed by atoms with van der Waals surface area (Å²) >= 11 is 1.38. The van der Waals surface area contributed by atoms with E-state index >= 15 is 0 Å². The Morgan fingerprint density at radius 2 is 2.29 bits per heavy atom. The molecule has 3 aromatic heterocycles. The fourth-order valence-corrected chi connectivity index (χ4v) is 2.56. The first-order valence-corrected chi connectivity index (χ1v) is 5.81. The average molecular weight is 244 g/mol. The Hall–Kier alpha value is -2.21. The fourth-order valence-electron chi connectivity index (χ4n) is 1.65. The number of hydrogen-bond donors (Lipinski definition) is 1. The zero-order valence-corrected chi connectivity index (χ0v) is 9.52. The summed E-state index contributed by atoms with van der Waals surface area (Å²) in [5, 5.41) is 1.88. The molecule has 0 amide bonds. The van der Waals surface area contributed by atoms with Gasteiger partial charge in [0.2, 0.25) is 0 Å². The van der Waals surface area contributed by atoms with Crippen molar-refractivity contribution in [1.29, 1.82) is 0 Å². The molecule has 0 saturated carbocycles. The third-order valence-corrected chi connectivity index (χ3v) is 3.21. The number of nitrogens with two attached hydrogens (primary N) is 1. The Morgan fingerprint density at radius 3 is 3.06 bits per heavy atom. The van der Waals surface area contributed by atoms with Gasteiger partial charge in [-0.25, -0.2) is 4.98 Å². The second-order valence-corrected chi connectivity index (χ2v) is 4.34. The molecule has 0 aromatic carbocycles. The van der Waals surface area contributed by atoms with Gasteiger partial charge in [-0.1, -0.05) is 0 Å². The van der Waals surface area contributed by atoms with Crippen molar-refractivity contribution in [2.24, 2.45) is 0 Å². The number of nitrogen functional groups attached to an aromatic ring is 1. The standard InChI is InChI=1S/C11H8N4OS/c12-9-4-10(16)15-8(6-17-11(15)14-9)7-2-1-3-13-5-7/h1-6H,12H2. The molecule has 0 radical (unpaired) electrons. The van der Waals surface area contributed by atoms with Crippen molar-refractivity contribution in [2.75, 3.05) is 5.73 Å². The number of pyridine rings is 1. The molecule has 3 rings (SSSR count). The van der Waals surface area contributed by atoms with E-state index < -0.39 is 0 Å². The number of fused-ring (bicyclic) bond motifs is 1. The van der Waals surface area contributed by atoms with E-state index in [0.717, 1.165) is 11.3 Å². The third-order valence-electron chi connectivity index (χ3n) is 2.38. The van der Waals surface area contributed by atoms with Crippen LogP contribution in [-0.2, 0) is 0 Å². The molecule has 3 aromatic rings. The molecular formula is C11H8N4OS. The molecular weight excluding hydrogens is 236 g/mol. The van der Waals surface area contributed by atoms with E-state index in [4.69, 9.17) is 5.73 Å². The van der Waals surface area contributed by atoms with E-state index in [-0.39, 0.29) is 11.4 Å². The van der Waals surface area contributed by atoms with Gasteiger partial charge in [-0.15, -0.1) is 11.3 Å². The molecule has 0 aliphatic carbocycles. The van der Waals surface area contributed by atoms with Gasteiger partial charge in [0, 0.05) is 29.4 Å². The summed E-state index contributed by atoms with van der Waals surface area (Å²) in [5.74, 6) is 0.245. The summed E-state index contributed by atoms with van der Waals surface area (Å²) < 4.78 is 1.54. The van der Waals surface area contributed by atoms with Gasteiger partial charge >= 0.3 is 0 Å². The Labute approximate surface area is 100 Å². The summed E-state index contributed by atoms with van der Waals surface area (Å²) in [6, 6.07) is 5.05. The predicted molar refractivity (Wildman–Crippen MR) is 67.0 cm³/mol. The first kappa shape index (κ1) is 9.98. The number of nitrogens with zero attached hydrogens (tertiary/aromatic N) is 3. The maximum Gasteiger partial charge on any atom is 0.261 e. The minimum absolute atomic E-state index is 0.174. The summed E-state index contributed by atoms with van der Waals surface area (Å²) in [7, 11) is 0. The Balaban J connectivity index is 2.37. The normalized spacial score (nSPS) is 10.8. The molecule has 0 spiro atoms. The summed E-state index contributed by atoms with van der Waals surface area (Å²) in [6.07, 6.45) is 3.40. The van der Waals surface area contributed by atoms with Crippen LogP contribution in [0.5, 0.6) is 0 Å². The van der Waals surface area contributed by atoms with Crippen LogP contribution in [0.3, 0.4) is 0 Å². The predicted octanol–water partition coefficient (Wildman–Crippen LogP) is 1.40. The Kier molecular flexibility index (Phi) is 2.15. The molecule has 0 aliphatic rings. The second-order valence-electron chi connectivity index (χ2n) is 3.50. The highest BCUT2D eigenvalue weighted by Gasteiger charge is 2.09. The van der Waals surface area contributed by atoms with E-state index in [1.807, 2.05) is 17.5 Å². The van der Waals surface area contributed by atoms with Crippen LogP contribution in [0, 0.1) is 0 Å². The highest BCUT2D eigenvalue weighted by Crippen LogP contribution is 2.23.